The molecule has 0 saturated heterocycles. The van der Waals surface area contributed by atoms with E-state index in [2.05, 4.69) is 26.0 Å². The molecule has 2 N–H and O–H groups in total. The third kappa shape index (κ3) is 6.17. The molecule has 0 aliphatic heterocycles. The number of carbonyl (C=O) groups excluding carboxylic acids is 1. The number of nitrogens with zero attached hydrogens (tertiary/aromatic N) is 1. The highest BCUT2D eigenvalue weighted by molar-refractivity contribution is 5.81. The SMILES string of the molecule is COc1ccc(CCCN(C)C(=O)[C@@H](N)CC(C)C)cc1. The van der Waals surface area contributed by atoms with Gasteiger partial charge in [0.05, 0.1) is 13.2 Å². The Morgan fingerprint density at radius 2 is 1.90 bits per heavy atom. The summed E-state index contributed by atoms with van der Waals surface area (Å²) < 4.78 is 5.13. The number of likely N-dealkylation sites (N-methyl/N-ethyl adjacent to an activating group) is 1. The largest absolute Gasteiger partial charge is 0.497 e. The van der Waals surface area contributed by atoms with Crippen LogP contribution in [0.4, 0.5) is 0 Å². The van der Waals surface area contributed by atoms with E-state index in [1.165, 1.54) is 5.56 Å². The fraction of sp³-hybridized carbons (Fsp3) is 0.588. The van der Waals surface area contributed by atoms with Crippen LogP contribution < -0.4 is 10.5 Å². The Labute approximate surface area is 128 Å². The van der Waals surface area contributed by atoms with Gasteiger partial charge in [-0.25, -0.2) is 0 Å². The first-order valence-corrected chi connectivity index (χ1v) is 7.57. The molecule has 0 aromatic heterocycles. The minimum absolute atomic E-state index is 0.0402. The molecular weight excluding hydrogens is 264 g/mol. The van der Waals surface area contributed by atoms with E-state index in [-0.39, 0.29) is 11.9 Å². The molecule has 0 aliphatic rings. The van der Waals surface area contributed by atoms with Crippen molar-refractivity contribution in [3.8, 4) is 5.75 Å². The Bertz CT molecular complexity index is 429. The van der Waals surface area contributed by atoms with Gasteiger partial charge in [-0.3, -0.25) is 4.79 Å². The molecule has 1 aromatic carbocycles. The van der Waals surface area contributed by atoms with Crippen LogP contribution in [0.25, 0.3) is 0 Å². The number of nitrogens with two attached hydrogens (primary N) is 1. The van der Waals surface area contributed by atoms with Gasteiger partial charge in [0, 0.05) is 13.6 Å². The predicted octanol–water partition coefficient (Wildman–Crippen LogP) is 2.46. The lowest BCUT2D eigenvalue weighted by molar-refractivity contribution is -0.131. The van der Waals surface area contributed by atoms with Crippen LogP contribution in [-0.4, -0.2) is 37.6 Å². The zero-order valence-corrected chi connectivity index (χ0v) is 13.6. The van der Waals surface area contributed by atoms with Crippen molar-refractivity contribution in [2.24, 2.45) is 11.7 Å². The zero-order chi connectivity index (χ0) is 15.8. The molecule has 21 heavy (non-hydrogen) atoms. The van der Waals surface area contributed by atoms with Crippen LogP contribution in [0.1, 0.15) is 32.3 Å². The van der Waals surface area contributed by atoms with E-state index in [0.29, 0.717) is 5.92 Å². The summed E-state index contributed by atoms with van der Waals surface area (Å²) in [4.78, 5) is 13.8. The maximum absolute atomic E-state index is 12.1. The molecule has 0 unspecified atom stereocenters. The van der Waals surface area contributed by atoms with Crippen LogP contribution in [0, 0.1) is 5.92 Å². The molecule has 1 rings (SSSR count). The first-order chi connectivity index (χ1) is 9.93. The third-order valence-corrected chi connectivity index (χ3v) is 3.54. The second-order valence-corrected chi connectivity index (χ2v) is 5.95. The fourth-order valence-electron chi connectivity index (χ4n) is 2.31. The minimum atomic E-state index is -0.379. The first-order valence-electron chi connectivity index (χ1n) is 7.57. The standard InChI is InChI=1S/C17H28N2O2/c1-13(2)12-16(18)17(20)19(3)11-5-6-14-7-9-15(21-4)10-8-14/h7-10,13,16H,5-6,11-12,18H2,1-4H3/t16-/m0/s1. The molecule has 1 atom stereocenters. The number of amides is 1. The molecule has 0 saturated carbocycles. The second-order valence-electron chi connectivity index (χ2n) is 5.95. The Kier molecular flexibility index (Phi) is 7.23. The number of benzene rings is 1. The van der Waals surface area contributed by atoms with Gasteiger partial charge in [-0.1, -0.05) is 26.0 Å². The highest BCUT2D eigenvalue weighted by atomic mass is 16.5. The summed E-state index contributed by atoms with van der Waals surface area (Å²) in [5.74, 6) is 1.35. The smallest absolute Gasteiger partial charge is 0.239 e. The maximum Gasteiger partial charge on any atom is 0.239 e. The van der Waals surface area contributed by atoms with Crippen LogP contribution in [0.3, 0.4) is 0 Å². The van der Waals surface area contributed by atoms with E-state index < -0.39 is 0 Å². The molecule has 1 aromatic rings. The number of hydrogen-bond acceptors (Lipinski definition) is 3. The monoisotopic (exact) mass is 292 g/mol. The zero-order valence-electron chi connectivity index (χ0n) is 13.6. The van der Waals surface area contributed by atoms with E-state index in [9.17, 15) is 4.79 Å². The van der Waals surface area contributed by atoms with E-state index in [4.69, 9.17) is 10.5 Å². The lowest BCUT2D eigenvalue weighted by Gasteiger charge is -2.22. The van der Waals surface area contributed by atoms with Crippen molar-refractivity contribution in [2.45, 2.75) is 39.2 Å². The number of rotatable bonds is 8. The lowest BCUT2D eigenvalue weighted by Crippen LogP contribution is -2.42. The van der Waals surface area contributed by atoms with Crippen molar-refractivity contribution in [1.82, 2.24) is 4.90 Å². The van der Waals surface area contributed by atoms with Crippen molar-refractivity contribution in [2.75, 3.05) is 20.7 Å². The fourth-order valence-corrected chi connectivity index (χ4v) is 2.31. The van der Waals surface area contributed by atoms with Crippen molar-refractivity contribution in [1.29, 1.82) is 0 Å². The summed E-state index contributed by atoms with van der Waals surface area (Å²) in [7, 11) is 3.49. The highest BCUT2D eigenvalue weighted by Gasteiger charge is 2.18. The van der Waals surface area contributed by atoms with Gasteiger partial charge in [0.2, 0.25) is 5.91 Å². The van der Waals surface area contributed by atoms with Crippen LogP contribution in [0.5, 0.6) is 5.75 Å². The van der Waals surface area contributed by atoms with Gasteiger partial charge in [0.25, 0.3) is 0 Å². The number of hydrogen-bond donors (Lipinski definition) is 1. The van der Waals surface area contributed by atoms with Crippen LogP contribution in [0.15, 0.2) is 24.3 Å². The lowest BCUT2D eigenvalue weighted by atomic mass is 10.0. The Morgan fingerprint density at radius 3 is 2.43 bits per heavy atom. The third-order valence-electron chi connectivity index (χ3n) is 3.54. The Hall–Kier alpha value is -1.55. The highest BCUT2D eigenvalue weighted by Crippen LogP contribution is 2.13. The summed E-state index contributed by atoms with van der Waals surface area (Å²) in [6.45, 7) is 4.89. The maximum atomic E-state index is 12.1. The molecule has 4 heteroatoms. The van der Waals surface area contributed by atoms with Gasteiger partial charge in [0.15, 0.2) is 0 Å². The van der Waals surface area contributed by atoms with Crippen molar-refractivity contribution < 1.29 is 9.53 Å². The van der Waals surface area contributed by atoms with E-state index in [1.54, 1.807) is 12.0 Å². The van der Waals surface area contributed by atoms with E-state index in [0.717, 1.165) is 31.6 Å². The number of ether oxygens (including phenoxy) is 1. The molecule has 1 amide bonds. The summed E-state index contributed by atoms with van der Waals surface area (Å²) in [6, 6.07) is 7.66. The van der Waals surface area contributed by atoms with E-state index >= 15 is 0 Å². The number of carbonyl (C=O) groups is 1. The van der Waals surface area contributed by atoms with Gasteiger partial charge in [0.1, 0.15) is 5.75 Å². The van der Waals surface area contributed by atoms with Gasteiger partial charge >= 0.3 is 0 Å². The average Bonchev–Trinajstić information content (AvgIpc) is 2.46. The Balaban J connectivity index is 2.35. The van der Waals surface area contributed by atoms with Crippen molar-refractivity contribution in [3.63, 3.8) is 0 Å². The topological polar surface area (TPSA) is 55.6 Å². The number of aryl methyl sites for hydroxylation is 1. The molecule has 0 fully saturated rings. The molecule has 0 aliphatic carbocycles. The molecule has 0 heterocycles. The van der Waals surface area contributed by atoms with Crippen molar-refractivity contribution in [3.05, 3.63) is 29.8 Å². The van der Waals surface area contributed by atoms with E-state index in [1.807, 2.05) is 19.2 Å². The molecule has 0 bridgehead atoms. The molecule has 0 radical (unpaired) electrons. The molecule has 0 spiro atoms. The molecule has 4 nitrogen and oxygen atoms in total. The van der Waals surface area contributed by atoms with Crippen LogP contribution >= 0.6 is 0 Å². The van der Waals surface area contributed by atoms with Crippen molar-refractivity contribution >= 4 is 5.91 Å². The summed E-state index contributed by atoms with van der Waals surface area (Å²) >= 11 is 0. The first kappa shape index (κ1) is 17.5. The van der Waals surface area contributed by atoms with Crippen LogP contribution in [-0.2, 0) is 11.2 Å². The van der Waals surface area contributed by atoms with Gasteiger partial charge in [-0.15, -0.1) is 0 Å². The van der Waals surface area contributed by atoms with Gasteiger partial charge < -0.3 is 15.4 Å². The van der Waals surface area contributed by atoms with Crippen LogP contribution in [0.2, 0.25) is 0 Å². The molecule has 118 valence electrons. The summed E-state index contributed by atoms with van der Waals surface area (Å²) in [5.41, 5.74) is 7.18. The normalized spacial score (nSPS) is 12.3. The van der Waals surface area contributed by atoms with Gasteiger partial charge in [-0.05, 0) is 42.9 Å². The summed E-state index contributed by atoms with van der Waals surface area (Å²) in [6.07, 6.45) is 2.62. The number of methoxy groups -OCH3 is 1. The quantitative estimate of drug-likeness (QED) is 0.801. The second kappa shape index (κ2) is 8.67. The Morgan fingerprint density at radius 1 is 1.29 bits per heavy atom. The predicted molar refractivity (Wildman–Crippen MR) is 86.4 cm³/mol. The minimum Gasteiger partial charge on any atom is -0.497 e. The average molecular weight is 292 g/mol. The molecular formula is C17H28N2O2. The van der Waals surface area contributed by atoms with Gasteiger partial charge in [-0.2, -0.15) is 0 Å². The summed E-state index contributed by atoms with van der Waals surface area (Å²) in [5, 5.41) is 0.